The van der Waals surface area contributed by atoms with Crippen LogP contribution in [0.1, 0.15) is 17.5 Å². The molecule has 1 unspecified atom stereocenters. The van der Waals surface area contributed by atoms with Crippen LogP contribution >= 0.6 is 0 Å². The third-order valence-electron chi connectivity index (χ3n) is 4.95. The number of ether oxygens (including phenoxy) is 1. The van der Waals surface area contributed by atoms with E-state index in [2.05, 4.69) is 0 Å². The Morgan fingerprint density at radius 2 is 1.83 bits per heavy atom. The number of hydrogen-bond donors (Lipinski definition) is 0. The number of carbonyl (C=O) groups excluding carboxylic acids is 1. The second kappa shape index (κ2) is 6.82. The van der Waals surface area contributed by atoms with Crippen LogP contribution in [0.2, 0.25) is 0 Å². The Kier molecular flexibility index (Phi) is 4.94. The number of nitrogens with zero attached hydrogens (tertiary/aromatic N) is 2. The number of hydrogen-bond acceptors (Lipinski definition) is 4. The van der Waals surface area contributed by atoms with Gasteiger partial charge in [0.1, 0.15) is 0 Å². The second-order valence-electron chi connectivity index (χ2n) is 6.54. The minimum atomic E-state index is -3.50. The highest BCUT2D eigenvalue weighted by molar-refractivity contribution is 7.89. The van der Waals surface area contributed by atoms with Crippen LogP contribution in [0.4, 0.5) is 0 Å². The summed E-state index contributed by atoms with van der Waals surface area (Å²) in [5.74, 6) is 0.0311. The quantitative estimate of drug-likeness (QED) is 0.819. The molecule has 6 nitrogen and oxygen atoms in total. The molecular weight excluding hydrogens is 328 g/mol. The Hall–Kier alpha value is -1.44. The van der Waals surface area contributed by atoms with Crippen LogP contribution in [0.3, 0.4) is 0 Å². The Morgan fingerprint density at radius 1 is 1.12 bits per heavy atom. The fourth-order valence-corrected chi connectivity index (χ4v) is 4.67. The summed E-state index contributed by atoms with van der Waals surface area (Å²) >= 11 is 0. The maximum atomic E-state index is 12.8. The van der Waals surface area contributed by atoms with Crippen LogP contribution in [0.15, 0.2) is 23.1 Å². The van der Waals surface area contributed by atoms with E-state index in [1.165, 1.54) is 4.31 Å². The van der Waals surface area contributed by atoms with Crippen molar-refractivity contribution in [2.45, 2.75) is 25.2 Å². The number of amides is 1. The summed E-state index contributed by atoms with van der Waals surface area (Å²) in [4.78, 5) is 14.5. The highest BCUT2D eigenvalue weighted by atomic mass is 32.2. The van der Waals surface area contributed by atoms with Gasteiger partial charge in [0.15, 0.2) is 0 Å². The van der Waals surface area contributed by atoms with E-state index in [-0.39, 0.29) is 11.8 Å². The van der Waals surface area contributed by atoms with Gasteiger partial charge >= 0.3 is 0 Å². The van der Waals surface area contributed by atoms with Crippen LogP contribution in [-0.4, -0.2) is 62.9 Å². The fraction of sp³-hybridized carbons (Fsp3) is 0.588. The molecule has 0 aliphatic carbocycles. The second-order valence-corrected chi connectivity index (χ2v) is 8.47. The van der Waals surface area contributed by atoms with E-state index in [4.69, 9.17) is 4.74 Å². The van der Waals surface area contributed by atoms with Crippen molar-refractivity contribution in [1.29, 1.82) is 0 Å². The van der Waals surface area contributed by atoms with Crippen molar-refractivity contribution in [3.63, 3.8) is 0 Å². The van der Waals surface area contributed by atoms with Gasteiger partial charge in [0.05, 0.1) is 17.4 Å². The van der Waals surface area contributed by atoms with E-state index in [1.54, 1.807) is 17.0 Å². The first-order valence-corrected chi connectivity index (χ1v) is 9.77. The predicted octanol–water partition coefficient (Wildman–Crippen LogP) is 1.17. The first kappa shape index (κ1) is 17.4. The highest BCUT2D eigenvalue weighted by Crippen LogP contribution is 2.22. The van der Waals surface area contributed by atoms with Gasteiger partial charge in [-0.2, -0.15) is 4.31 Å². The van der Waals surface area contributed by atoms with Gasteiger partial charge in [0.2, 0.25) is 15.9 Å². The maximum absolute atomic E-state index is 12.8. The van der Waals surface area contributed by atoms with Gasteiger partial charge in [-0.15, -0.1) is 0 Å². The molecule has 3 rings (SSSR count). The third kappa shape index (κ3) is 3.34. The smallest absolute Gasteiger partial charge is 0.243 e. The number of aryl methyl sites for hydroxylation is 2. The van der Waals surface area contributed by atoms with E-state index in [0.29, 0.717) is 44.3 Å². The standard InChI is InChI=1S/C17H24N2O4S/c1-13-3-4-16(11-14(13)2)24(21,22)19-8-6-18(7-9-19)17(20)15-5-10-23-12-15/h3-4,11,15H,5-10,12H2,1-2H3. The molecule has 1 aromatic rings. The lowest BCUT2D eigenvalue weighted by atomic mass is 10.1. The molecule has 1 aromatic carbocycles. The van der Waals surface area contributed by atoms with Crippen molar-refractivity contribution >= 4 is 15.9 Å². The van der Waals surface area contributed by atoms with E-state index in [0.717, 1.165) is 17.5 Å². The number of piperazine rings is 1. The Morgan fingerprint density at radius 3 is 2.42 bits per heavy atom. The molecular formula is C17H24N2O4S. The first-order valence-electron chi connectivity index (χ1n) is 8.33. The van der Waals surface area contributed by atoms with Gasteiger partial charge in [-0.05, 0) is 43.5 Å². The molecule has 0 radical (unpaired) electrons. The molecule has 0 saturated carbocycles. The van der Waals surface area contributed by atoms with Gasteiger partial charge in [-0.25, -0.2) is 8.42 Å². The predicted molar refractivity (Wildman–Crippen MR) is 90.2 cm³/mol. The summed E-state index contributed by atoms with van der Waals surface area (Å²) in [5, 5.41) is 0. The average molecular weight is 352 g/mol. The SMILES string of the molecule is Cc1ccc(S(=O)(=O)N2CCN(C(=O)C3CCOC3)CC2)cc1C. The largest absolute Gasteiger partial charge is 0.381 e. The minimum Gasteiger partial charge on any atom is -0.381 e. The van der Waals surface area contributed by atoms with Crippen LogP contribution < -0.4 is 0 Å². The van der Waals surface area contributed by atoms with E-state index >= 15 is 0 Å². The van der Waals surface area contributed by atoms with Crippen LogP contribution in [0.25, 0.3) is 0 Å². The lowest BCUT2D eigenvalue weighted by molar-refractivity contribution is -0.136. The zero-order valence-corrected chi connectivity index (χ0v) is 15.0. The van der Waals surface area contributed by atoms with Gasteiger partial charge in [-0.3, -0.25) is 4.79 Å². The van der Waals surface area contributed by atoms with Gasteiger partial charge in [0, 0.05) is 32.8 Å². The molecule has 0 bridgehead atoms. The molecule has 24 heavy (non-hydrogen) atoms. The van der Waals surface area contributed by atoms with Crippen molar-refractivity contribution in [3.8, 4) is 0 Å². The fourth-order valence-electron chi connectivity index (χ4n) is 3.16. The van der Waals surface area contributed by atoms with Gasteiger partial charge < -0.3 is 9.64 Å². The maximum Gasteiger partial charge on any atom is 0.243 e. The summed E-state index contributed by atoms with van der Waals surface area (Å²) in [5.41, 5.74) is 2.04. The number of rotatable bonds is 3. The third-order valence-corrected chi connectivity index (χ3v) is 6.84. The van der Waals surface area contributed by atoms with Crippen LogP contribution in [0.5, 0.6) is 0 Å². The van der Waals surface area contributed by atoms with Crippen LogP contribution in [-0.2, 0) is 19.6 Å². The Bertz CT molecular complexity index is 718. The molecule has 2 saturated heterocycles. The monoisotopic (exact) mass is 352 g/mol. The molecule has 7 heteroatoms. The number of sulfonamides is 1. The van der Waals surface area contributed by atoms with Crippen molar-refractivity contribution in [2.24, 2.45) is 5.92 Å². The van der Waals surface area contributed by atoms with Crippen molar-refractivity contribution in [3.05, 3.63) is 29.3 Å². The molecule has 0 aromatic heterocycles. The molecule has 2 fully saturated rings. The topological polar surface area (TPSA) is 66.9 Å². The van der Waals surface area contributed by atoms with Gasteiger partial charge in [-0.1, -0.05) is 6.07 Å². The molecule has 132 valence electrons. The average Bonchev–Trinajstić information content (AvgIpc) is 3.11. The van der Waals surface area contributed by atoms with E-state index in [9.17, 15) is 13.2 Å². The number of carbonyl (C=O) groups is 1. The zero-order valence-electron chi connectivity index (χ0n) is 14.2. The summed E-state index contributed by atoms with van der Waals surface area (Å²) in [6.45, 7) is 6.57. The lowest BCUT2D eigenvalue weighted by Gasteiger charge is -2.35. The summed E-state index contributed by atoms with van der Waals surface area (Å²) < 4.78 is 32.3. The molecule has 2 aliphatic heterocycles. The first-order chi connectivity index (χ1) is 11.4. The van der Waals surface area contributed by atoms with E-state index < -0.39 is 10.0 Å². The number of benzene rings is 1. The summed E-state index contributed by atoms with van der Waals surface area (Å²) in [6.07, 6.45) is 0.764. The summed E-state index contributed by atoms with van der Waals surface area (Å²) in [7, 11) is -3.50. The molecule has 2 heterocycles. The lowest BCUT2D eigenvalue weighted by Crippen LogP contribution is -2.51. The van der Waals surface area contributed by atoms with Crippen molar-refractivity contribution < 1.29 is 17.9 Å². The van der Waals surface area contributed by atoms with Crippen LogP contribution in [0, 0.1) is 19.8 Å². The van der Waals surface area contributed by atoms with E-state index in [1.807, 2.05) is 19.9 Å². The molecule has 1 atom stereocenters. The Labute approximate surface area is 143 Å². The Balaban J connectivity index is 1.67. The van der Waals surface area contributed by atoms with Crippen molar-refractivity contribution in [2.75, 3.05) is 39.4 Å². The van der Waals surface area contributed by atoms with Crippen molar-refractivity contribution in [1.82, 2.24) is 9.21 Å². The molecule has 0 spiro atoms. The zero-order chi connectivity index (χ0) is 17.3. The highest BCUT2D eigenvalue weighted by Gasteiger charge is 2.33. The molecule has 2 aliphatic rings. The van der Waals surface area contributed by atoms with Gasteiger partial charge in [0.25, 0.3) is 0 Å². The minimum absolute atomic E-state index is 0.0621. The summed E-state index contributed by atoms with van der Waals surface area (Å²) in [6, 6.07) is 5.21. The normalized spacial score (nSPS) is 22.8. The molecule has 0 N–H and O–H groups in total. The molecule has 1 amide bonds.